The number of hydrogen-bond donors (Lipinski definition) is 0. The van der Waals surface area contributed by atoms with E-state index in [0.717, 1.165) is 6.42 Å². The standard InChI is InChI=1S/C24H18ClNO5/c25-17-8-6-13(7-9-17)19(27)12-31-24(30)16-2-1-3-18(11-16)26-22(28)20-14-4-5-15(10-14)21(20)23(26)29/h1-9,11,14-15,20-21H,10,12H2/t14-,15-,20+,21+/m0/s1. The van der Waals surface area contributed by atoms with Gasteiger partial charge in [0.25, 0.3) is 0 Å². The molecule has 2 aromatic carbocycles. The van der Waals surface area contributed by atoms with Crippen LogP contribution in [0.1, 0.15) is 27.1 Å². The summed E-state index contributed by atoms with van der Waals surface area (Å²) in [5.41, 5.74) is 0.899. The van der Waals surface area contributed by atoms with E-state index in [-0.39, 0.29) is 46.8 Å². The molecule has 5 rings (SSSR count). The summed E-state index contributed by atoms with van der Waals surface area (Å²) in [6, 6.07) is 12.5. The molecule has 1 heterocycles. The Balaban J connectivity index is 1.30. The number of hydrogen-bond acceptors (Lipinski definition) is 5. The lowest BCUT2D eigenvalue weighted by Crippen LogP contribution is -2.33. The first-order valence-corrected chi connectivity index (χ1v) is 10.4. The first-order valence-electron chi connectivity index (χ1n) is 10.1. The molecule has 0 N–H and O–H groups in total. The molecule has 2 bridgehead atoms. The second-order valence-electron chi connectivity index (χ2n) is 8.07. The van der Waals surface area contributed by atoms with Crippen molar-refractivity contribution in [3.63, 3.8) is 0 Å². The van der Waals surface area contributed by atoms with Gasteiger partial charge in [0, 0.05) is 10.6 Å². The minimum Gasteiger partial charge on any atom is -0.454 e. The fraction of sp³-hybridized carbons (Fsp3) is 0.250. The number of fused-ring (bicyclic) bond motifs is 5. The highest BCUT2D eigenvalue weighted by atomic mass is 35.5. The summed E-state index contributed by atoms with van der Waals surface area (Å²) in [6.07, 6.45) is 4.92. The van der Waals surface area contributed by atoms with Gasteiger partial charge in [-0.1, -0.05) is 29.8 Å². The van der Waals surface area contributed by atoms with E-state index in [4.69, 9.17) is 16.3 Å². The molecule has 1 aliphatic heterocycles. The SMILES string of the molecule is O=C(COC(=O)c1cccc(N2C(=O)[C@H]3[C@H](C2=O)[C@H]2C=C[C@H]3C2)c1)c1ccc(Cl)cc1. The number of rotatable bonds is 5. The Kier molecular flexibility index (Phi) is 4.74. The molecule has 1 saturated carbocycles. The van der Waals surface area contributed by atoms with Crippen molar-refractivity contribution in [2.24, 2.45) is 23.7 Å². The van der Waals surface area contributed by atoms with E-state index in [1.165, 1.54) is 17.0 Å². The molecule has 2 amide bonds. The van der Waals surface area contributed by atoms with Crippen LogP contribution in [0, 0.1) is 23.7 Å². The maximum absolute atomic E-state index is 13.0. The topological polar surface area (TPSA) is 80.8 Å². The number of nitrogens with zero attached hydrogens (tertiary/aromatic N) is 1. The molecule has 2 aromatic rings. The van der Waals surface area contributed by atoms with Gasteiger partial charge in [-0.25, -0.2) is 9.69 Å². The summed E-state index contributed by atoms with van der Waals surface area (Å²) in [4.78, 5) is 51.8. The van der Waals surface area contributed by atoms with Gasteiger partial charge in [0.1, 0.15) is 0 Å². The van der Waals surface area contributed by atoms with Crippen molar-refractivity contribution >= 4 is 40.9 Å². The van der Waals surface area contributed by atoms with E-state index in [0.29, 0.717) is 16.3 Å². The fourth-order valence-corrected chi connectivity index (χ4v) is 4.99. The van der Waals surface area contributed by atoms with E-state index in [1.807, 2.05) is 12.2 Å². The number of ketones is 1. The Labute approximate surface area is 183 Å². The van der Waals surface area contributed by atoms with Crippen molar-refractivity contribution in [3.05, 3.63) is 76.8 Å². The Morgan fingerprint density at radius 2 is 1.58 bits per heavy atom. The Morgan fingerprint density at radius 3 is 2.23 bits per heavy atom. The number of anilines is 1. The summed E-state index contributed by atoms with van der Waals surface area (Å²) in [7, 11) is 0. The smallest absolute Gasteiger partial charge is 0.338 e. The van der Waals surface area contributed by atoms with Crippen LogP contribution in [0.15, 0.2) is 60.7 Å². The molecule has 4 atom stereocenters. The third kappa shape index (κ3) is 3.27. The van der Waals surface area contributed by atoms with Gasteiger partial charge in [0.2, 0.25) is 11.8 Å². The number of allylic oxidation sites excluding steroid dienone is 2. The van der Waals surface area contributed by atoms with E-state index in [1.54, 1.807) is 36.4 Å². The molecule has 156 valence electrons. The second-order valence-corrected chi connectivity index (χ2v) is 8.50. The number of esters is 1. The van der Waals surface area contributed by atoms with Gasteiger partial charge in [0.15, 0.2) is 12.4 Å². The summed E-state index contributed by atoms with van der Waals surface area (Å²) in [6.45, 7) is -0.425. The second kappa shape index (κ2) is 7.46. The van der Waals surface area contributed by atoms with Crippen LogP contribution in [0.5, 0.6) is 0 Å². The number of carbonyl (C=O) groups is 4. The minimum atomic E-state index is -0.704. The van der Waals surface area contributed by atoms with E-state index >= 15 is 0 Å². The van der Waals surface area contributed by atoms with Crippen LogP contribution in [0.4, 0.5) is 5.69 Å². The van der Waals surface area contributed by atoms with Crippen LogP contribution >= 0.6 is 11.6 Å². The maximum atomic E-state index is 13.0. The van der Waals surface area contributed by atoms with Crippen LogP contribution in [0.3, 0.4) is 0 Å². The molecule has 0 unspecified atom stereocenters. The highest BCUT2D eigenvalue weighted by Gasteiger charge is 2.59. The quantitative estimate of drug-likeness (QED) is 0.309. The lowest BCUT2D eigenvalue weighted by molar-refractivity contribution is -0.123. The number of carbonyl (C=O) groups excluding carboxylic acids is 4. The van der Waals surface area contributed by atoms with Crippen LogP contribution in [0.25, 0.3) is 0 Å². The zero-order valence-corrected chi connectivity index (χ0v) is 17.1. The molecule has 2 fully saturated rings. The van der Waals surface area contributed by atoms with Crippen LogP contribution < -0.4 is 4.90 Å². The van der Waals surface area contributed by atoms with Gasteiger partial charge >= 0.3 is 5.97 Å². The van der Waals surface area contributed by atoms with Gasteiger partial charge in [0.05, 0.1) is 23.1 Å². The molecule has 2 aliphatic carbocycles. The first kappa shape index (κ1) is 19.7. The van der Waals surface area contributed by atoms with Crippen molar-refractivity contribution in [3.8, 4) is 0 Å². The monoisotopic (exact) mass is 435 g/mol. The Morgan fingerprint density at radius 1 is 0.935 bits per heavy atom. The normalized spacial score (nSPS) is 25.8. The molecular weight excluding hydrogens is 418 g/mol. The first-order chi connectivity index (χ1) is 14.9. The Hall–Kier alpha value is -3.25. The van der Waals surface area contributed by atoms with Gasteiger partial charge in [-0.15, -0.1) is 0 Å². The number of halogens is 1. The number of imide groups is 1. The number of benzene rings is 2. The van der Waals surface area contributed by atoms with Crippen LogP contribution in [-0.2, 0) is 14.3 Å². The summed E-state index contributed by atoms with van der Waals surface area (Å²) < 4.78 is 5.14. The number of amides is 2. The van der Waals surface area contributed by atoms with Gasteiger partial charge in [-0.05, 0) is 60.7 Å². The van der Waals surface area contributed by atoms with Gasteiger partial charge in [-0.3, -0.25) is 14.4 Å². The third-order valence-electron chi connectivity index (χ3n) is 6.31. The molecular formula is C24H18ClNO5. The highest BCUT2D eigenvalue weighted by Crippen LogP contribution is 2.53. The summed E-state index contributed by atoms with van der Waals surface area (Å²) in [5, 5.41) is 0.504. The van der Waals surface area contributed by atoms with Crippen molar-refractivity contribution in [1.82, 2.24) is 0 Å². The largest absolute Gasteiger partial charge is 0.454 e. The minimum absolute atomic E-state index is 0.114. The molecule has 6 nitrogen and oxygen atoms in total. The molecule has 7 heteroatoms. The third-order valence-corrected chi connectivity index (χ3v) is 6.56. The molecule has 0 aromatic heterocycles. The average molecular weight is 436 g/mol. The number of ether oxygens (including phenoxy) is 1. The molecule has 1 saturated heterocycles. The summed E-state index contributed by atoms with van der Waals surface area (Å²) in [5.74, 6) is -1.88. The highest BCUT2D eigenvalue weighted by molar-refractivity contribution is 6.30. The zero-order chi connectivity index (χ0) is 21.7. The number of Topliss-reactive ketones (excluding diaryl/α,β-unsaturated/α-hetero) is 1. The molecule has 0 radical (unpaired) electrons. The van der Waals surface area contributed by atoms with Crippen molar-refractivity contribution in [1.29, 1.82) is 0 Å². The molecule has 0 spiro atoms. The van der Waals surface area contributed by atoms with E-state index in [9.17, 15) is 19.2 Å². The van der Waals surface area contributed by atoms with Crippen molar-refractivity contribution < 1.29 is 23.9 Å². The van der Waals surface area contributed by atoms with Crippen LogP contribution in [0.2, 0.25) is 5.02 Å². The van der Waals surface area contributed by atoms with E-state index in [2.05, 4.69) is 0 Å². The van der Waals surface area contributed by atoms with E-state index < -0.39 is 12.6 Å². The van der Waals surface area contributed by atoms with Crippen molar-refractivity contribution in [2.75, 3.05) is 11.5 Å². The zero-order valence-electron chi connectivity index (χ0n) is 16.4. The summed E-state index contributed by atoms with van der Waals surface area (Å²) >= 11 is 5.81. The molecule has 3 aliphatic rings. The average Bonchev–Trinajstić information content (AvgIpc) is 3.46. The maximum Gasteiger partial charge on any atom is 0.338 e. The molecule has 31 heavy (non-hydrogen) atoms. The van der Waals surface area contributed by atoms with Gasteiger partial charge in [-0.2, -0.15) is 0 Å². The predicted octanol–water partition coefficient (Wildman–Crippen LogP) is 3.69. The Bertz CT molecular complexity index is 1110. The fourth-order valence-electron chi connectivity index (χ4n) is 4.86. The lowest BCUT2D eigenvalue weighted by atomic mass is 9.85. The van der Waals surface area contributed by atoms with Crippen molar-refractivity contribution in [2.45, 2.75) is 6.42 Å². The predicted molar refractivity (Wildman–Crippen MR) is 113 cm³/mol. The van der Waals surface area contributed by atoms with Crippen LogP contribution in [-0.4, -0.2) is 30.2 Å². The van der Waals surface area contributed by atoms with Gasteiger partial charge < -0.3 is 4.74 Å². The lowest BCUT2D eigenvalue weighted by Gasteiger charge is -2.18.